The van der Waals surface area contributed by atoms with Gasteiger partial charge in [-0.3, -0.25) is 9.59 Å². The Morgan fingerprint density at radius 1 is 1.33 bits per heavy atom. The lowest BCUT2D eigenvalue weighted by molar-refractivity contribution is -0.127. The lowest BCUT2D eigenvalue weighted by Crippen LogP contribution is -2.37. The molecule has 3 aliphatic rings. The van der Waals surface area contributed by atoms with Crippen molar-refractivity contribution in [1.82, 2.24) is 0 Å². The number of allylic oxidation sites excluding steroid dienone is 2. The van der Waals surface area contributed by atoms with Gasteiger partial charge in [-0.05, 0) is 43.4 Å². The number of hydrogen-bond donors (Lipinski definition) is 1. The highest BCUT2D eigenvalue weighted by atomic mass is 35.5. The van der Waals surface area contributed by atoms with Crippen molar-refractivity contribution in [3.05, 3.63) is 35.4 Å². The molecule has 4 rings (SSSR count). The average Bonchev–Trinajstić information content (AvgIpc) is 3.06. The Kier molecular flexibility index (Phi) is 2.39. The summed E-state index contributed by atoms with van der Waals surface area (Å²) in [5, 5.41) is 10.4. The van der Waals surface area contributed by atoms with Crippen LogP contribution in [-0.2, 0) is 9.59 Å². The molecule has 2 fully saturated rings. The Labute approximate surface area is 127 Å². The van der Waals surface area contributed by atoms with E-state index in [1.807, 2.05) is 19.1 Å². The first-order valence-electron chi connectivity index (χ1n) is 7.00. The zero-order chi connectivity index (χ0) is 14.9. The second kappa shape index (κ2) is 3.89. The number of nitrogens with zero attached hydrogens (tertiary/aromatic N) is 1. The van der Waals surface area contributed by atoms with Gasteiger partial charge in [-0.1, -0.05) is 23.8 Å². The number of carbonyl (C=O) groups excluding carboxylic acids is 2. The van der Waals surface area contributed by atoms with E-state index in [1.54, 1.807) is 0 Å². The van der Waals surface area contributed by atoms with E-state index in [-0.39, 0.29) is 41.0 Å². The largest absolute Gasteiger partial charge is 0.506 e. The van der Waals surface area contributed by atoms with Crippen LogP contribution in [0.15, 0.2) is 30.4 Å². The Morgan fingerprint density at radius 3 is 2.81 bits per heavy atom. The van der Waals surface area contributed by atoms with E-state index >= 15 is 0 Å². The number of anilines is 1. The van der Waals surface area contributed by atoms with Crippen LogP contribution in [0.3, 0.4) is 0 Å². The standard InChI is InChI=1S/C16H14ClNO3/c1-16-9-3-2-8(6-9)13(16)14(20)18(15(16)21)11-7-10(17)4-5-12(11)19/h2-5,7-9,13,19H,6H2,1H3/t8-,9+,13-,16+/m1/s1. The van der Waals surface area contributed by atoms with Crippen molar-refractivity contribution in [2.24, 2.45) is 23.2 Å². The third-order valence-electron chi connectivity index (χ3n) is 5.29. The number of hydrogen-bond acceptors (Lipinski definition) is 3. The summed E-state index contributed by atoms with van der Waals surface area (Å²) in [6.45, 7) is 1.87. The van der Waals surface area contributed by atoms with Crippen LogP contribution >= 0.6 is 11.6 Å². The molecule has 5 heteroatoms. The fourth-order valence-electron chi connectivity index (χ4n) is 4.21. The maximum absolute atomic E-state index is 12.9. The van der Waals surface area contributed by atoms with Crippen molar-refractivity contribution in [3.8, 4) is 5.75 Å². The molecule has 4 nitrogen and oxygen atoms in total. The SMILES string of the molecule is C[C@@]12C(=O)N(c3cc(Cl)ccc3O)C(=O)[C@H]1[C@@H]1C=C[C@H]2C1. The normalized spacial score (nSPS) is 36.7. The second-order valence-corrected chi connectivity index (χ2v) is 6.70. The summed E-state index contributed by atoms with van der Waals surface area (Å²) >= 11 is 5.94. The molecule has 1 aromatic carbocycles. The molecule has 0 spiro atoms. The topological polar surface area (TPSA) is 57.6 Å². The van der Waals surface area contributed by atoms with Crippen molar-refractivity contribution < 1.29 is 14.7 Å². The first kappa shape index (κ1) is 12.9. The van der Waals surface area contributed by atoms with Gasteiger partial charge in [0, 0.05) is 5.02 Å². The van der Waals surface area contributed by atoms with Crippen molar-refractivity contribution in [1.29, 1.82) is 0 Å². The minimum atomic E-state index is -0.689. The highest BCUT2D eigenvalue weighted by Crippen LogP contribution is 2.61. The molecular formula is C16H14ClNO3. The third-order valence-corrected chi connectivity index (χ3v) is 5.52. The fourth-order valence-corrected chi connectivity index (χ4v) is 4.38. The molecule has 108 valence electrons. The van der Waals surface area contributed by atoms with Crippen LogP contribution in [0.4, 0.5) is 5.69 Å². The van der Waals surface area contributed by atoms with Gasteiger partial charge in [0.15, 0.2) is 0 Å². The van der Waals surface area contributed by atoms with E-state index in [0.29, 0.717) is 5.02 Å². The van der Waals surface area contributed by atoms with E-state index in [2.05, 4.69) is 0 Å². The van der Waals surface area contributed by atoms with Crippen molar-refractivity contribution >= 4 is 29.1 Å². The predicted molar refractivity (Wildman–Crippen MR) is 77.9 cm³/mol. The van der Waals surface area contributed by atoms with Gasteiger partial charge in [0.05, 0.1) is 17.0 Å². The molecule has 1 heterocycles. The van der Waals surface area contributed by atoms with Crippen LogP contribution in [0, 0.1) is 23.2 Å². The second-order valence-electron chi connectivity index (χ2n) is 6.26. The summed E-state index contributed by atoms with van der Waals surface area (Å²) in [4.78, 5) is 26.8. The van der Waals surface area contributed by atoms with Crippen LogP contribution in [0.1, 0.15) is 13.3 Å². The van der Waals surface area contributed by atoms with Crippen molar-refractivity contribution in [2.75, 3.05) is 4.90 Å². The lowest BCUT2D eigenvalue weighted by Gasteiger charge is -2.28. The molecule has 1 N–H and O–H groups in total. The summed E-state index contributed by atoms with van der Waals surface area (Å²) in [6.07, 6.45) is 4.96. The van der Waals surface area contributed by atoms with Crippen LogP contribution < -0.4 is 4.90 Å². The number of fused-ring (bicyclic) bond motifs is 5. The lowest BCUT2D eigenvalue weighted by atomic mass is 9.71. The summed E-state index contributed by atoms with van der Waals surface area (Å²) in [5.74, 6) is -0.648. The van der Waals surface area contributed by atoms with Gasteiger partial charge in [-0.2, -0.15) is 0 Å². The number of halogens is 1. The summed E-state index contributed by atoms with van der Waals surface area (Å²) in [6, 6.07) is 4.40. The zero-order valence-corrected chi connectivity index (χ0v) is 12.2. The first-order valence-corrected chi connectivity index (χ1v) is 7.37. The fraction of sp³-hybridized carbons (Fsp3) is 0.375. The van der Waals surface area contributed by atoms with Crippen molar-refractivity contribution in [3.63, 3.8) is 0 Å². The molecular weight excluding hydrogens is 290 g/mol. The predicted octanol–water partition coefficient (Wildman–Crippen LogP) is 2.75. The van der Waals surface area contributed by atoms with E-state index in [9.17, 15) is 14.7 Å². The molecule has 4 atom stereocenters. The minimum Gasteiger partial charge on any atom is -0.506 e. The summed E-state index contributed by atoms with van der Waals surface area (Å²) in [5.41, 5.74) is -0.502. The molecule has 21 heavy (non-hydrogen) atoms. The van der Waals surface area contributed by atoms with Crippen LogP contribution in [0.2, 0.25) is 5.02 Å². The average molecular weight is 304 g/mol. The number of benzene rings is 1. The molecule has 1 aliphatic heterocycles. The maximum Gasteiger partial charge on any atom is 0.241 e. The molecule has 1 saturated heterocycles. The van der Waals surface area contributed by atoms with Gasteiger partial charge in [-0.25, -0.2) is 4.90 Å². The van der Waals surface area contributed by atoms with Gasteiger partial charge in [0.2, 0.25) is 11.8 Å². The molecule has 0 unspecified atom stereocenters. The van der Waals surface area contributed by atoms with Gasteiger partial charge in [-0.15, -0.1) is 0 Å². The number of phenolic OH excluding ortho intramolecular Hbond substituents is 1. The number of carbonyl (C=O) groups is 2. The number of imide groups is 1. The molecule has 2 bridgehead atoms. The van der Waals surface area contributed by atoms with Gasteiger partial charge < -0.3 is 5.11 Å². The Hall–Kier alpha value is -1.81. The number of phenols is 1. The quantitative estimate of drug-likeness (QED) is 0.641. The minimum absolute atomic E-state index is 0.107. The highest BCUT2D eigenvalue weighted by Gasteiger charge is 2.67. The van der Waals surface area contributed by atoms with Crippen LogP contribution in [-0.4, -0.2) is 16.9 Å². The maximum atomic E-state index is 12.9. The first-order chi connectivity index (χ1) is 9.94. The number of amides is 2. The molecule has 0 radical (unpaired) electrons. The smallest absolute Gasteiger partial charge is 0.241 e. The molecule has 1 saturated carbocycles. The molecule has 2 aliphatic carbocycles. The van der Waals surface area contributed by atoms with Crippen LogP contribution in [0.5, 0.6) is 5.75 Å². The summed E-state index contributed by atoms with van der Waals surface area (Å²) < 4.78 is 0. The molecule has 1 aromatic rings. The van der Waals surface area contributed by atoms with Gasteiger partial charge in [0.25, 0.3) is 0 Å². The zero-order valence-electron chi connectivity index (χ0n) is 11.4. The van der Waals surface area contributed by atoms with E-state index < -0.39 is 5.41 Å². The Bertz CT molecular complexity index is 713. The third kappa shape index (κ3) is 1.41. The van der Waals surface area contributed by atoms with Gasteiger partial charge in [0.1, 0.15) is 5.75 Å². The Balaban J connectivity index is 1.85. The molecule has 0 aromatic heterocycles. The monoisotopic (exact) mass is 303 g/mol. The van der Waals surface area contributed by atoms with Crippen LogP contribution in [0.25, 0.3) is 0 Å². The summed E-state index contributed by atoms with van der Waals surface area (Å²) in [7, 11) is 0. The van der Waals surface area contributed by atoms with E-state index in [4.69, 9.17) is 11.6 Å². The van der Waals surface area contributed by atoms with Gasteiger partial charge >= 0.3 is 0 Å². The van der Waals surface area contributed by atoms with E-state index in [1.165, 1.54) is 18.2 Å². The number of aromatic hydroxyl groups is 1. The highest BCUT2D eigenvalue weighted by molar-refractivity contribution is 6.32. The molecule has 2 amide bonds. The van der Waals surface area contributed by atoms with E-state index in [0.717, 1.165) is 11.3 Å². The Morgan fingerprint density at radius 2 is 2.10 bits per heavy atom. The van der Waals surface area contributed by atoms with Crippen molar-refractivity contribution in [2.45, 2.75) is 13.3 Å². The number of rotatable bonds is 1.